The summed E-state index contributed by atoms with van der Waals surface area (Å²) in [5.74, 6) is -6.49. The van der Waals surface area contributed by atoms with Gasteiger partial charge >= 0.3 is 12.0 Å². The molecule has 0 aliphatic heterocycles. The number of amides is 1. The Balaban J connectivity index is 2.43. The largest absolute Gasteiger partial charge is 0.428 e. The summed E-state index contributed by atoms with van der Waals surface area (Å²) in [6.45, 7) is 7.27. The van der Waals surface area contributed by atoms with Crippen LogP contribution in [0.3, 0.4) is 0 Å². The van der Waals surface area contributed by atoms with Crippen molar-refractivity contribution in [2.24, 2.45) is 17.8 Å². The molecular weight excluding hydrogens is 292 g/mol. The van der Waals surface area contributed by atoms with Gasteiger partial charge in [0.05, 0.1) is 0 Å². The molecule has 1 fully saturated rings. The number of halogens is 2. The Bertz CT molecular complexity index is 500. The summed E-state index contributed by atoms with van der Waals surface area (Å²) in [6, 6.07) is 0. The van der Waals surface area contributed by atoms with E-state index in [1.54, 1.807) is 33.8 Å². The minimum atomic E-state index is -3.36. The average Bonchev–Trinajstić information content (AvgIpc) is 3.01. The Morgan fingerprint density at radius 3 is 2.18 bits per heavy atom. The predicted octanol–water partition coefficient (Wildman–Crippen LogP) is 3.27. The maximum Gasteiger partial charge on any atom is 0.410 e. The zero-order valence-electron chi connectivity index (χ0n) is 13.4. The van der Waals surface area contributed by atoms with Crippen LogP contribution in [0.1, 0.15) is 34.1 Å². The first kappa shape index (κ1) is 16.9. The monoisotopic (exact) mass is 315 g/mol. The van der Waals surface area contributed by atoms with E-state index < -0.39 is 41.2 Å². The van der Waals surface area contributed by atoms with Crippen LogP contribution < -0.4 is 0 Å². The molecule has 1 amide bonds. The van der Waals surface area contributed by atoms with Crippen molar-refractivity contribution in [2.75, 3.05) is 13.1 Å². The van der Waals surface area contributed by atoms with Crippen LogP contribution in [0, 0.1) is 17.8 Å². The maximum absolute atomic E-state index is 14.8. The van der Waals surface area contributed by atoms with Gasteiger partial charge in [0.2, 0.25) is 5.60 Å². The van der Waals surface area contributed by atoms with E-state index in [9.17, 15) is 18.4 Å². The molecule has 0 heterocycles. The molecule has 2 aliphatic carbocycles. The lowest BCUT2D eigenvalue weighted by atomic mass is 9.77. The zero-order valence-corrected chi connectivity index (χ0v) is 13.4. The quantitative estimate of drug-likeness (QED) is 0.732. The number of allylic oxidation sites excluding steroid dienone is 1. The van der Waals surface area contributed by atoms with Gasteiger partial charge in [0, 0.05) is 30.8 Å². The fraction of sp³-hybridized carbons (Fsp3) is 0.750. The Morgan fingerprint density at radius 1 is 1.23 bits per heavy atom. The van der Waals surface area contributed by atoms with Crippen molar-refractivity contribution in [3.63, 3.8) is 0 Å². The third kappa shape index (κ3) is 2.15. The van der Waals surface area contributed by atoms with E-state index >= 15 is 0 Å². The number of Topliss-reactive ketones (excluding diaryl/α,β-unsaturated/α-hetero) is 1. The van der Waals surface area contributed by atoms with Crippen LogP contribution in [0.2, 0.25) is 0 Å². The standard InChI is InChI=1S/C16H23F2NO3/c1-5-19(6-2)14(21)22-15(13(20)10(3)4)11-7-8-12(9-11)16(15,17)18/h7-8,10-12H,5-6,9H2,1-4H3/t11-,12+,15-/m0/s1. The molecule has 0 aromatic carbocycles. The molecule has 0 aromatic heterocycles. The number of ketones is 1. The van der Waals surface area contributed by atoms with Gasteiger partial charge in [-0.1, -0.05) is 26.0 Å². The number of hydrogen-bond acceptors (Lipinski definition) is 3. The molecular formula is C16H23F2NO3. The molecule has 6 heteroatoms. The van der Waals surface area contributed by atoms with Crippen molar-refractivity contribution in [1.82, 2.24) is 4.90 Å². The van der Waals surface area contributed by atoms with Crippen LogP contribution in [-0.4, -0.2) is 41.4 Å². The van der Waals surface area contributed by atoms with Gasteiger partial charge in [-0.25, -0.2) is 13.6 Å². The number of alkyl halides is 2. The predicted molar refractivity (Wildman–Crippen MR) is 77.7 cm³/mol. The van der Waals surface area contributed by atoms with Crippen LogP contribution in [0.5, 0.6) is 0 Å². The van der Waals surface area contributed by atoms with Crippen molar-refractivity contribution >= 4 is 11.9 Å². The van der Waals surface area contributed by atoms with Gasteiger partial charge in [-0.3, -0.25) is 4.79 Å². The Labute approximate surface area is 129 Å². The summed E-state index contributed by atoms with van der Waals surface area (Å²) in [5, 5.41) is 0. The van der Waals surface area contributed by atoms with E-state index in [1.165, 1.54) is 11.0 Å². The number of ether oxygens (including phenoxy) is 1. The van der Waals surface area contributed by atoms with Gasteiger partial charge in [-0.15, -0.1) is 0 Å². The molecule has 0 unspecified atom stereocenters. The molecule has 4 nitrogen and oxygen atoms in total. The van der Waals surface area contributed by atoms with E-state index in [1.807, 2.05) is 0 Å². The van der Waals surface area contributed by atoms with Crippen LogP contribution in [0.4, 0.5) is 13.6 Å². The first-order valence-electron chi connectivity index (χ1n) is 7.80. The lowest BCUT2D eigenvalue weighted by Crippen LogP contribution is -2.62. The van der Waals surface area contributed by atoms with E-state index in [2.05, 4.69) is 0 Å². The number of carbonyl (C=O) groups excluding carboxylic acids is 2. The molecule has 0 N–H and O–H groups in total. The molecule has 0 radical (unpaired) electrons. The topological polar surface area (TPSA) is 46.6 Å². The molecule has 124 valence electrons. The Morgan fingerprint density at radius 2 is 1.77 bits per heavy atom. The molecule has 22 heavy (non-hydrogen) atoms. The molecule has 0 aromatic rings. The molecule has 3 atom stereocenters. The molecule has 1 saturated carbocycles. The number of fused-ring (bicyclic) bond motifs is 2. The summed E-state index contributed by atoms with van der Waals surface area (Å²) in [6.07, 6.45) is 2.33. The molecule has 0 spiro atoms. The molecule has 2 rings (SSSR count). The molecule has 2 bridgehead atoms. The van der Waals surface area contributed by atoms with Crippen LogP contribution in [0.15, 0.2) is 12.2 Å². The van der Waals surface area contributed by atoms with Gasteiger partial charge in [-0.2, -0.15) is 0 Å². The second kappa shape index (κ2) is 5.63. The second-order valence-corrected chi connectivity index (χ2v) is 6.25. The lowest BCUT2D eigenvalue weighted by molar-refractivity contribution is -0.198. The summed E-state index contributed by atoms with van der Waals surface area (Å²) in [4.78, 5) is 26.2. The second-order valence-electron chi connectivity index (χ2n) is 6.25. The van der Waals surface area contributed by atoms with E-state index in [0.717, 1.165) is 0 Å². The minimum Gasteiger partial charge on any atom is -0.428 e. The minimum absolute atomic E-state index is 0.150. The highest BCUT2D eigenvalue weighted by Crippen LogP contribution is 2.59. The fourth-order valence-corrected chi connectivity index (χ4v) is 3.45. The highest BCUT2D eigenvalue weighted by molar-refractivity contribution is 5.93. The SMILES string of the molecule is CCN(CC)C(=O)O[C@]1(C(=O)C(C)C)[C@H]2C=C[C@H](C2)C1(F)F. The van der Waals surface area contributed by atoms with Gasteiger partial charge in [0.15, 0.2) is 5.78 Å². The Kier molecular flexibility index (Phi) is 4.33. The van der Waals surface area contributed by atoms with E-state index in [4.69, 9.17) is 4.74 Å². The van der Waals surface area contributed by atoms with Crippen molar-refractivity contribution in [1.29, 1.82) is 0 Å². The third-order valence-electron chi connectivity index (χ3n) is 4.73. The van der Waals surface area contributed by atoms with Crippen molar-refractivity contribution in [3.8, 4) is 0 Å². The van der Waals surface area contributed by atoms with E-state index in [0.29, 0.717) is 13.1 Å². The number of carbonyl (C=O) groups is 2. The third-order valence-corrected chi connectivity index (χ3v) is 4.73. The highest BCUT2D eigenvalue weighted by Gasteiger charge is 2.75. The van der Waals surface area contributed by atoms with Crippen molar-refractivity contribution in [3.05, 3.63) is 12.2 Å². The van der Waals surface area contributed by atoms with Crippen molar-refractivity contribution in [2.45, 2.75) is 45.6 Å². The zero-order chi connectivity index (χ0) is 16.7. The number of rotatable bonds is 5. The van der Waals surface area contributed by atoms with Crippen LogP contribution in [-0.2, 0) is 9.53 Å². The number of nitrogens with zero attached hydrogens (tertiary/aromatic N) is 1. The summed E-state index contributed by atoms with van der Waals surface area (Å²) < 4.78 is 34.9. The van der Waals surface area contributed by atoms with Crippen LogP contribution in [0.25, 0.3) is 0 Å². The number of hydrogen-bond donors (Lipinski definition) is 0. The first-order valence-corrected chi connectivity index (χ1v) is 7.80. The van der Waals surface area contributed by atoms with Gasteiger partial charge in [0.1, 0.15) is 0 Å². The lowest BCUT2D eigenvalue weighted by Gasteiger charge is -2.41. The highest BCUT2D eigenvalue weighted by atomic mass is 19.3. The smallest absolute Gasteiger partial charge is 0.410 e. The van der Waals surface area contributed by atoms with Gasteiger partial charge < -0.3 is 9.64 Å². The van der Waals surface area contributed by atoms with E-state index in [-0.39, 0.29) is 6.42 Å². The first-order chi connectivity index (χ1) is 10.2. The fourth-order valence-electron chi connectivity index (χ4n) is 3.45. The average molecular weight is 315 g/mol. The normalized spacial score (nSPS) is 31.6. The van der Waals surface area contributed by atoms with Crippen LogP contribution >= 0.6 is 0 Å². The van der Waals surface area contributed by atoms with Gasteiger partial charge in [0.25, 0.3) is 0 Å². The van der Waals surface area contributed by atoms with Gasteiger partial charge in [-0.05, 0) is 20.3 Å². The summed E-state index contributed by atoms with van der Waals surface area (Å²) in [5.41, 5.74) is -2.36. The van der Waals surface area contributed by atoms with Crippen molar-refractivity contribution < 1.29 is 23.1 Å². The molecule has 0 saturated heterocycles. The summed E-state index contributed by atoms with van der Waals surface area (Å²) >= 11 is 0. The summed E-state index contributed by atoms with van der Waals surface area (Å²) in [7, 11) is 0. The molecule has 2 aliphatic rings. The maximum atomic E-state index is 14.8. The Hall–Kier alpha value is -1.46.